The lowest BCUT2D eigenvalue weighted by Gasteiger charge is -2.18. The minimum absolute atomic E-state index is 0.107. The summed E-state index contributed by atoms with van der Waals surface area (Å²) in [5.41, 5.74) is 2.10. The Morgan fingerprint density at radius 1 is 1.27 bits per heavy atom. The van der Waals surface area contributed by atoms with Crippen molar-refractivity contribution in [2.24, 2.45) is 0 Å². The lowest BCUT2D eigenvalue weighted by Crippen LogP contribution is -2.38. The van der Waals surface area contributed by atoms with E-state index in [1.165, 1.54) is 0 Å². The van der Waals surface area contributed by atoms with Crippen molar-refractivity contribution >= 4 is 12.0 Å². The van der Waals surface area contributed by atoms with Gasteiger partial charge in [0.15, 0.2) is 0 Å². The first-order valence-electron chi connectivity index (χ1n) is 8.59. The van der Waals surface area contributed by atoms with Crippen molar-refractivity contribution in [1.82, 2.24) is 20.2 Å². The van der Waals surface area contributed by atoms with Crippen molar-refractivity contribution < 1.29 is 14.3 Å². The van der Waals surface area contributed by atoms with Crippen LogP contribution in [0.4, 0.5) is 4.79 Å². The van der Waals surface area contributed by atoms with Crippen LogP contribution in [-0.4, -0.2) is 46.0 Å². The van der Waals surface area contributed by atoms with E-state index in [1.807, 2.05) is 30.3 Å². The number of rotatable bonds is 4. The van der Waals surface area contributed by atoms with E-state index < -0.39 is 6.09 Å². The number of benzene rings is 1. The summed E-state index contributed by atoms with van der Waals surface area (Å²) in [5.74, 6) is 0.533. The fraction of sp³-hybridized carbons (Fsp3) is 0.368. The number of aromatic nitrogens is 2. The quantitative estimate of drug-likeness (QED) is 0.910. The minimum Gasteiger partial charge on any atom is -0.445 e. The van der Waals surface area contributed by atoms with Gasteiger partial charge >= 0.3 is 6.09 Å². The van der Waals surface area contributed by atoms with Crippen LogP contribution in [0.5, 0.6) is 0 Å². The highest BCUT2D eigenvalue weighted by Crippen LogP contribution is 2.15. The Hall–Kier alpha value is -2.96. The Morgan fingerprint density at radius 3 is 2.77 bits per heavy atom. The summed E-state index contributed by atoms with van der Waals surface area (Å²) in [4.78, 5) is 34.6. The van der Waals surface area contributed by atoms with Crippen LogP contribution in [0.25, 0.3) is 0 Å². The van der Waals surface area contributed by atoms with Crippen LogP contribution in [0.15, 0.2) is 36.5 Å². The summed E-state index contributed by atoms with van der Waals surface area (Å²) in [5, 5.41) is 2.82. The number of ether oxygens (including phenoxy) is 1. The zero-order valence-electron chi connectivity index (χ0n) is 14.9. The number of amides is 2. The molecule has 0 saturated carbocycles. The predicted octanol–water partition coefficient (Wildman–Crippen LogP) is 2.23. The van der Waals surface area contributed by atoms with Gasteiger partial charge in [-0.3, -0.25) is 4.79 Å². The lowest BCUT2D eigenvalue weighted by atomic mass is 10.2. The van der Waals surface area contributed by atoms with E-state index in [4.69, 9.17) is 4.74 Å². The molecular formula is C19H22N4O3. The van der Waals surface area contributed by atoms with Gasteiger partial charge in [-0.1, -0.05) is 30.3 Å². The molecular weight excluding hydrogens is 332 g/mol. The highest BCUT2D eigenvalue weighted by molar-refractivity contribution is 5.95. The third-order valence-corrected chi connectivity index (χ3v) is 4.34. The number of nitrogens with one attached hydrogen (secondary N) is 1. The highest BCUT2D eigenvalue weighted by atomic mass is 16.5. The fourth-order valence-electron chi connectivity index (χ4n) is 2.96. The maximum Gasteiger partial charge on any atom is 0.407 e. The molecule has 7 heteroatoms. The number of carbonyl (C=O) groups excluding carboxylic acids is 2. The van der Waals surface area contributed by atoms with Crippen LogP contribution in [0.2, 0.25) is 0 Å². The predicted molar refractivity (Wildman–Crippen MR) is 95.6 cm³/mol. The van der Waals surface area contributed by atoms with E-state index in [0.717, 1.165) is 5.56 Å². The van der Waals surface area contributed by atoms with Gasteiger partial charge in [-0.15, -0.1) is 0 Å². The first-order chi connectivity index (χ1) is 12.5. The second-order valence-electron chi connectivity index (χ2n) is 6.36. The molecule has 0 unspecified atom stereocenters. The number of aryl methyl sites for hydroxylation is 2. The first kappa shape index (κ1) is 17.8. The molecule has 3 rings (SSSR count). The molecule has 1 atom stereocenters. The van der Waals surface area contributed by atoms with Gasteiger partial charge < -0.3 is 15.0 Å². The monoisotopic (exact) mass is 354 g/mol. The van der Waals surface area contributed by atoms with Crippen molar-refractivity contribution in [3.8, 4) is 0 Å². The molecule has 1 fully saturated rings. The SMILES string of the molecule is Cc1ncc(C(=O)N2CC[C@H](NC(=O)OCc3ccccc3)C2)c(C)n1. The van der Waals surface area contributed by atoms with Gasteiger partial charge in [-0.2, -0.15) is 0 Å². The molecule has 0 bridgehead atoms. The third kappa shape index (κ3) is 4.36. The van der Waals surface area contributed by atoms with Crippen molar-refractivity contribution in [1.29, 1.82) is 0 Å². The molecule has 1 aliphatic rings. The number of carbonyl (C=O) groups is 2. The fourth-order valence-corrected chi connectivity index (χ4v) is 2.96. The van der Waals surface area contributed by atoms with Crippen molar-refractivity contribution in [2.45, 2.75) is 32.9 Å². The second-order valence-corrected chi connectivity index (χ2v) is 6.36. The molecule has 2 heterocycles. The van der Waals surface area contributed by atoms with Gasteiger partial charge in [0.25, 0.3) is 5.91 Å². The minimum atomic E-state index is -0.469. The smallest absolute Gasteiger partial charge is 0.407 e. The van der Waals surface area contributed by atoms with Crippen LogP contribution in [0, 0.1) is 13.8 Å². The molecule has 0 aliphatic carbocycles. The number of likely N-dealkylation sites (tertiary alicyclic amines) is 1. The zero-order valence-corrected chi connectivity index (χ0v) is 14.9. The normalized spacial score (nSPS) is 16.4. The van der Waals surface area contributed by atoms with Gasteiger partial charge in [-0.25, -0.2) is 14.8 Å². The summed E-state index contributed by atoms with van der Waals surface area (Å²) in [6, 6.07) is 9.38. The van der Waals surface area contributed by atoms with Crippen LogP contribution in [0.3, 0.4) is 0 Å². The standard InChI is InChI=1S/C19H22N4O3/c1-13-17(10-20-14(2)21-13)18(24)23-9-8-16(11-23)22-19(25)26-12-15-6-4-3-5-7-15/h3-7,10,16H,8-9,11-12H2,1-2H3,(H,22,25)/t16-/m0/s1. The van der Waals surface area contributed by atoms with Gasteiger partial charge in [0.05, 0.1) is 17.3 Å². The Morgan fingerprint density at radius 2 is 2.04 bits per heavy atom. The maximum atomic E-state index is 12.6. The molecule has 0 radical (unpaired) electrons. The summed E-state index contributed by atoms with van der Waals surface area (Å²) in [6.45, 7) is 4.84. The molecule has 26 heavy (non-hydrogen) atoms. The van der Waals surface area contributed by atoms with Crippen LogP contribution in [0.1, 0.15) is 33.9 Å². The topological polar surface area (TPSA) is 84.4 Å². The van der Waals surface area contributed by atoms with Crippen LogP contribution in [-0.2, 0) is 11.3 Å². The van der Waals surface area contributed by atoms with E-state index >= 15 is 0 Å². The van der Waals surface area contributed by atoms with E-state index in [9.17, 15) is 9.59 Å². The highest BCUT2D eigenvalue weighted by Gasteiger charge is 2.29. The lowest BCUT2D eigenvalue weighted by molar-refractivity contribution is 0.0785. The van der Waals surface area contributed by atoms with Crippen molar-refractivity contribution in [3.05, 3.63) is 59.2 Å². The zero-order chi connectivity index (χ0) is 18.5. The Labute approximate surface area is 152 Å². The number of alkyl carbamates (subject to hydrolysis) is 1. The number of hydrogen-bond acceptors (Lipinski definition) is 5. The van der Waals surface area contributed by atoms with Gasteiger partial charge in [-0.05, 0) is 25.8 Å². The van der Waals surface area contributed by atoms with Crippen LogP contribution < -0.4 is 5.32 Å². The average Bonchev–Trinajstić information content (AvgIpc) is 3.09. The Bertz CT molecular complexity index is 795. The number of nitrogens with zero attached hydrogens (tertiary/aromatic N) is 3. The molecule has 136 valence electrons. The van der Waals surface area contributed by atoms with Gasteiger partial charge in [0, 0.05) is 19.3 Å². The summed E-state index contributed by atoms with van der Waals surface area (Å²) >= 11 is 0. The third-order valence-electron chi connectivity index (χ3n) is 4.34. The first-order valence-corrected chi connectivity index (χ1v) is 8.59. The molecule has 2 amide bonds. The van der Waals surface area contributed by atoms with Gasteiger partial charge in [0.2, 0.25) is 0 Å². The Balaban J connectivity index is 1.50. The van der Waals surface area contributed by atoms with Crippen LogP contribution >= 0.6 is 0 Å². The summed E-state index contributed by atoms with van der Waals surface area (Å²) < 4.78 is 5.23. The van der Waals surface area contributed by atoms with Gasteiger partial charge in [0.1, 0.15) is 12.4 Å². The second kappa shape index (κ2) is 7.95. The molecule has 1 saturated heterocycles. The van der Waals surface area contributed by atoms with E-state index in [0.29, 0.717) is 36.6 Å². The van der Waals surface area contributed by atoms with E-state index in [-0.39, 0.29) is 18.6 Å². The molecule has 1 aromatic carbocycles. The molecule has 0 spiro atoms. The van der Waals surface area contributed by atoms with Crippen molar-refractivity contribution in [3.63, 3.8) is 0 Å². The van der Waals surface area contributed by atoms with E-state index in [1.54, 1.807) is 24.9 Å². The van der Waals surface area contributed by atoms with Crippen molar-refractivity contribution in [2.75, 3.05) is 13.1 Å². The molecule has 1 aliphatic heterocycles. The molecule has 2 aromatic rings. The summed E-state index contributed by atoms with van der Waals surface area (Å²) in [6.07, 6.45) is 1.79. The summed E-state index contributed by atoms with van der Waals surface area (Å²) in [7, 11) is 0. The average molecular weight is 354 g/mol. The molecule has 7 nitrogen and oxygen atoms in total. The molecule has 1 N–H and O–H groups in total. The maximum absolute atomic E-state index is 12.6. The van der Waals surface area contributed by atoms with E-state index in [2.05, 4.69) is 15.3 Å². The number of hydrogen-bond donors (Lipinski definition) is 1. The molecule has 1 aromatic heterocycles. The largest absolute Gasteiger partial charge is 0.445 e. The Kier molecular flexibility index (Phi) is 5.46.